The summed E-state index contributed by atoms with van der Waals surface area (Å²) >= 11 is 12.3. The first-order valence-electron chi connectivity index (χ1n) is 6.24. The summed E-state index contributed by atoms with van der Waals surface area (Å²) in [7, 11) is 0. The van der Waals surface area contributed by atoms with Gasteiger partial charge in [0.15, 0.2) is 0 Å². The van der Waals surface area contributed by atoms with E-state index in [1.165, 1.54) is 0 Å². The molecule has 0 aromatic heterocycles. The number of halogens is 2. The van der Waals surface area contributed by atoms with Crippen LogP contribution in [0.2, 0.25) is 10.0 Å². The first-order chi connectivity index (χ1) is 9.54. The van der Waals surface area contributed by atoms with E-state index in [1.807, 2.05) is 44.2 Å². The van der Waals surface area contributed by atoms with Gasteiger partial charge in [-0.3, -0.25) is 0 Å². The maximum Gasteiger partial charge on any atom is 0.102 e. The van der Waals surface area contributed by atoms with Crippen molar-refractivity contribution in [3.8, 4) is 6.07 Å². The molecule has 0 aliphatic carbocycles. The molecule has 2 rings (SSSR count). The Labute approximate surface area is 128 Å². The zero-order chi connectivity index (χ0) is 14.7. The maximum absolute atomic E-state index is 9.24. The van der Waals surface area contributed by atoms with Gasteiger partial charge in [-0.25, -0.2) is 0 Å². The summed E-state index contributed by atoms with van der Waals surface area (Å²) < 4.78 is 0. The molecule has 1 unspecified atom stereocenters. The number of aryl methyl sites for hydroxylation is 1. The summed E-state index contributed by atoms with van der Waals surface area (Å²) in [5, 5.41) is 13.6. The Balaban J connectivity index is 2.33. The Morgan fingerprint density at radius 1 is 1.15 bits per heavy atom. The molecule has 102 valence electrons. The Kier molecular flexibility index (Phi) is 4.54. The van der Waals surface area contributed by atoms with Gasteiger partial charge in [-0.1, -0.05) is 47.5 Å². The molecule has 0 fully saturated rings. The number of nitriles is 1. The lowest BCUT2D eigenvalue weighted by Gasteiger charge is -2.19. The molecule has 1 atom stereocenters. The van der Waals surface area contributed by atoms with Crippen LogP contribution in [0.25, 0.3) is 0 Å². The molecular weight excluding hydrogens is 291 g/mol. The van der Waals surface area contributed by atoms with Crippen molar-refractivity contribution < 1.29 is 0 Å². The van der Waals surface area contributed by atoms with Crippen LogP contribution in [-0.2, 0) is 0 Å². The molecule has 0 amide bonds. The van der Waals surface area contributed by atoms with Crippen molar-refractivity contribution in [1.82, 2.24) is 0 Å². The van der Waals surface area contributed by atoms with Crippen LogP contribution in [0.15, 0.2) is 36.4 Å². The Hall–Kier alpha value is -1.69. The van der Waals surface area contributed by atoms with E-state index in [1.54, 1.807) is 6.07 Å². The third kappa shape index (κ3) is 2.90. The first-order valence-corrected chi connectivity index (χ1v) is 7.00. The molecule has 2 nitrogen and oxygen atoms in total. The van der Waals surface area contributed by atoms with Gasteiger partial charge in [0.1, 0.15) is 6.07 Å². The summed E-state index contributed by atoms with van der Waals surface area (Å²) in [4.78, 5) is 0. The van der Waals surface area contributed by atoms with E-state index >= 15 is 0 Å². The highest BCUT2D eigenvalue weighted by Crippen LogP contribution is 2.32. The Bertz CT molecular complexity index is 675. The largest absolute Gasteiger partial charge is 0.377 e. The van der Waals surface area contributed by atoms with E-state index in [-0.39, 0.29) is 6.04 Å². The number of rotatable bonds is 3. The SMILES string of the molecule is Cc1cccc(NC(C)c2cccc(Cl)c2Cl)c1C#N. The summed E-state index contributed by atoms with van der Waals surface area (Å²) in [6.45, 7) is 3.90. The number of anilines is 1. The highest BCUT2D eigenvalue weighted by molar-refractivity contribution is 6.42. The van der Waals surface area contributed by atoms with E-state index in [4.69, 9.17) is 23.2 Å². The molecular formula is C16H14Cl2N2. The van der Waals surface area contributed by atoms with E-state index in [0.29, 0.717) is 15.6 Å². The van der Waals surface area contributed by atoms with Crippen LogP contribution in [0.3, 0.4) is 0 Å². The number of benzene rings is 2. The molecule has 0 spiro atoms. The molecule has 2 aromatic rings. The molecule has 0 saturated carbocycles. The van der Waals surface area contributed by atoms with Crippen LogP contribution in [-0.4, -0.2) is 0 Å². The molecule has 0 aliphatic rings. The minimum Gasteiger partial charge on any atom is -0.377 e. The van der Waals surface area contributed by atoms with Crippen molar-refractivity contribution in [1.29, 1.82) is 5.26 Å². The van der Waals surface area contributed by atoms with Crippen LogP contribution < -0.4 is 5.32 Å². The van der Waals surface area contributed by atoms with Gasteiger partial charge in [0.25, 0.3) is 0 Å². The molecule has 0 aliphatic heterocycles. The molecule has 0 heterocycles. The molecule has 20 heavy (non-hydrogen) atoms. The van der Waals surface area contributed by atoms with Gasteiger partial charge in [-0.15, -0.1) is 0 Å². The maximum atomic E-state index is 9.24. The normalized spacial score (nSPS) is 11.8. The minimum atomic E-state index is -0.0462. The number of nitrogens with zero attached hydrogens (tertiary/aromatic N) is 1. The van der Waals surface area contributed by atoms with Gasteiger partial charge in [0, 0.05) is 0 Å². The van der Waals surface area contributed by atoms with Crippen molar-refractivity contribution in [3.05, 3.63) is 63.1 Å². The summed E-state index contributed by atoms with van der Waals surface area (Å²) in [5.41, 5.74) is 3.31. The monoisotopic (exact) mass is 304 g/mol. The second kappa shape index (κ2) is 6.17. The van der Waals surface area contributed by atoms with Crippen molar-refractivity contribution in [2.75, 3.05) is 5.32 Å². The predicted molar refractivity (Wildman–Crippen MR) is 84.4 cm³/mol. The Morgan fingerprint density at radius 2 is 1.85 bits per heavy atom. The summed E-state index contributed by atoms with van der Waals surface area (Å²) in [5.74, 6) is 0. The third-order valence-corrected chi connectivity index (χ3v) is 4.04. The van der Waals surface area contributed by atoms with E-state index < -0.39 is 0 Å². The molecule has 2 aromatic carbocycles. The first kappa shape index (κ1) is 14.7. The van der Waals surface area contributed by atoms with Gasteiger partial charge in [0.2, 0.25) is 0 Å². The molecule has 1 N–H and O–H groups in total. The summed E-state index contributed by atoms with van der Waals surface area (Å²) in [6.07, 6.45) is 0. The topological polar surface area (TPSA) is 35.8 Å². The highest BCUT2D eigenvalue weighted by atomic mass is 35.5. The van der Waals surface area contributed by atoms with Crippen molar-refractivity contribution >= 4 is 28.9 Å². The number of hydrogen-bond acceptors (Lipinski definition) is 2. The molecule has 4 heteroatoms. The average Bonchev–Trinajstić information content (AvgIpc) is 2.42. The predicted octanol–water partition coefficient (Wildman–Crippen LogP) is 5.35. The van der Waals surface area contributed by atoms with E-state index in [0.717, 1.165) is 16.8 Å². The number of nitrogens with one attached hydrogen (secondary N) is 1. The van der Waals surface area contributed by atoms with Gasteiger partial charge < -0.3 is 5.32 Å². The fourth-order valence-electron chi connectivity index (χ4n) is 2.10. The fraction of sp³-hybridized carbons (Fsp3) is 0.188. The Morgan fingerprint density at radius 3 is 2.55 bits per heavy atom. The van der Waals surface area contributed by atoms with Gasteiger partial charge in [-0.2, -0.15) is 5.26 Å². The fourth-order valence-corrected chi connectivity index (χ4v) is 2.57. The van der Waals surface area contributed by atoms with Crippen LogP contribution in [0.4, 0.5) is 5.69 Å². The zero-order valence-corrected chi connectivity index (χ0v) is 12.8. The second-order valence-corrected chi connectivity index (χ2v) is 5.40. The van der Waals surface area contributed by atoms with Crippen molar-refractivity contribution in [2.24, 2.45) is 0 Å². The van der Waals surface area contributed by atoms with Crippen LogP contribution in [0, 0.1) is 18.3 Å². The van der Waals surface area contributed by atoms with Gasteiger partial charge in [-0.05, 0) is 37.1 Å². The van der Waals surface area contributed by atoms with E-state index in [2.05, 4.69) is 11.4 Å². The number of hydrogen-bond donors (Lipinski definition) is 1. The van der Waals surface area contributed by atoms with Crippen molar-refractivity contribution in [2.45, 2.75) is 19.9 Å². The second-order valence-electron chi connectivity index (χ2n) is 4.62. The molecule has 0 bridgehead atoms. The highest BCUT2D eigenvalue weighted by Gasteiger charge is 2.13. The quantitative estimate of drug-likeness (QED) is 0.830. The van der Waals surface area contributed by atoms with Crippen molar-refractivity contribution in [3.63, 3.8) is 0 Å². The van der Waals surface area contributed by atoms with Crippen LogP contribution in [0.1, 0.15) is 29.7 Å². The van der Waals surface area contributed by atoms with Gasteiger partial charge >= 0.3 is 0 Å². The zero-order valence-electron chi connectivity index (χ0n) is 11.2. The lowest BCUT2D eigenvalue weighted by molar-refractivity contribution is 0.884. The standard InChI is InChI=1S/C16H14Cl2N2/c1-10-5-3-8-15(13(10)9-19)20-11(2)12-6-4-7-14(17)16(12)18/h3-8,11,20H,1-2H3. The lowest BCUT2D eigenvalue weighted by Crippen LogP contribution is -2.09. The molecule has 0 saturated heterocycles. The average molecular weight is 305 g/mol. The van der Waals surface area contributed by atoms with Crippen LogP contribution >= 0.6 is 23.2 Å². The summed E-state index contributed by atoms with van der Waals surface area (Å²) in [6, 6.07) is 13.5. The minimum absolute atomic E-state index is 0.0462. The lowest BCUT2D eigenvalue weighted by atomic mass is 10.0. The van der Waals surface area contributed by atoms with Gasteiger partial charge in [0.05, 0.1) is 27.3 Å². The van der Waals surface area contributed by atoms with E-state index in [9.17, 15) is 5.26 Å². The third-order valence-electron chi connectivity index (χ3n) is 3.20. The van der Waals surface area contributed by atoms with Crippen LogP contribution in [0.5, 0.6) is 0 Å². The molecule has 0 radical (unpaired) electrons. The smallest absolute Gasteiger partial charge is 0.102 e.